The molecular weight excluding hydrogens is 216 g/mol. The number of hydrogen-bond donors (Lipinski definition) is 1. The van der Waals surface area contributed by atoms with Gasteiger partial charge in [0.05, 0.1) is 12.8 Å². The fourth-order valence-electron chi connectivity index (χ4n) is 1.47. The maximum Gasteiger partial charge on any atom is 0.161 e. The van der Waals surface area contributed by atoms with Gasteiger partial charge in [-0.05, 0) is 24.3 Å². The second-order valence-corrected chi connectivity index (χ2v) is 3.52. The molecule has 4 heteroatoms. The van der Waals surface area contributed by atoms with Gasteiger partial charge in [-0.15, -0.1) is 0 Å². The molecule has 0 fully saturated rings. The number of nitrogens with two attached hydrogens (primary N) is 1. The van der Waals surface area contributed by atoms with Crippen LogP contribution in [0.4, 0.5) is 5.69 Å². The van der Waals surface area contributed by atoms with Crippen LogP contribution in [0.1, 0.15) is 5.69 Å². The summed E-state index contributed by atoms with van der Waals surface area (Å²) in [5.41, 5.74) is 7.13. The van der Waals surface area contributed by atoms with E-state index in [0.717, 1.165) is 5.69 Å². The van der Waals surface area contributed by atoms with Gasteiger partial charge in [-0.3, -0.25) is 4.98 Å². The zero-order valence-electron chi connectivity index (χ0n) is 9.59. The second-order valence-electron chi connectivity index (χ2n) is 3.52. The maximum absolute atomic E-state index is 5.66. The highest BCUT2D eigenvalue weighted by Gasteiger charge is 2.03. The third kappa shape index (κ3) is 2.87. The van der Waals surface area contributed by atoms with Crippen molar-refractivity contribution in [2.75, 3.05) is 12.8 Å². The van der Waals surface area contributed by atoms with Crippen LogP contribution in [-0.2, 0) is 6.61 Å². The van der Waals surface area contributed by atoms with Crippen molar-refractivity contribution in [3.05, 3.63) is 48.3 Å². The Morgan fingerprint density at radius 1 is 1.18 bits per heavy atom. The Hall–Kier alpha value is -2.23. The number of hydrogen-bond acceptors (Lipinski definition) is 4. The van der Waals surface area contributed by atoms with E-state index in [-0.39, 0.29) is 0 Å². The minimum absolute atomic E-state index is 0.366. The average molecular weight is 230 g/mol. The molecule has 0 aliphatic heterocycles. The average Bonchev–Trinajstić information content (AvgIpc) is 2.37. The van der Waals surface area contributed by atoms with Gasteiger partial charge in [-0.2, -0.15) is 0 Å². The van der Waals surface area contributed by atoms with Crippen molar-refractivity contribution in [3.63, 3.8) is 0 Å². The zero-order valence-corrected chi connectivity index (χ0v) is 9.59. The summed E-state index contributed by atoms with van der Waals surface area (Å²) >= 11 is 0. The van der Waals surface area contributed by atoms with Crippen LogP contribution in [0.5, 0.6) is 11.5 Å². The lowest BCUT2D eigenvalue weighted by Crippen LogP contribution is -2.00. The Labute approximate surface area is 100 Å². The SMILES string of the molecule is COc1ccccc1OCc1cc(N)ccn1. The topological polar surface area (TPSA) is 57.4 Å². The molecule has 0 aliphatic rings. The van der Waals surface area contributed by atoms with Gasteiger partial charge in [-0.1, -0.05) is 12.1 Å². The van der Waals surface area contributed by atoms with Crippen LogP contribution in [0.2, 0.25) is 0 Å². The van der Waals surface area contributed by atoms with E-state index in [0.29, 0.717) is 23.8 Å². The molecule has 0 unspecified atom stereocenters. The highest BCUT2D eigenvalue weighted by Crippen LogP contribution is 2.26. The highest BCUT2D eigenvalue weighted by atomic mass is 16.5. The van der Waals surface area contributed by atoms with Crippen LogP contribution in [-0.4, -0.2) is 12.1 Å². The lowest BCUT2D eigenvalue weighted by atomic mass is 10.3. The van der Waals surface area contributed by atoms with Crippen LogP contribution in [0, 0.1) is 0 Å². The predicted octanol–water partition coefficient (Wildman–Crippen LogP) is 2.25. The fraction of sp³-hybridized carbons (Fsp3) is 0.154. The Morgan fingerprint density at radius 3 is 2.65 bits per heavy atom. The van der Waals surface area contributed by atoms with Gasteiger partial charge in [0.2, 0.25) is 0 Å². The largest absolute Gasteiger partial charge is 0.493 e. The van der Waals surface area contributed by atoms with E-state index in [9.17, 15) is 0 Å². The number of benzene rings is 1. The predicted molar refractivity (Wildman–Crippen MR) is 66.0 cm³/mol. The molecule has 2 rings (SSSR count). The van der Waals surface area contributed by atoms with Crippen LogP contribution < -0.4 is 15.2 Å². The summed E-state index contributed by atoms with van der Waals surface area (Å²) < 4.78 is 10.8. The molecule has 0 spiro atoms. The van der Waals surface area contributed by atoms with E-state index < -0.39 is 0 Å². The van der Waals surface area contributed by atoms with Gasteiger partial charge >= 0.3 is 0 Å². The summed E-state index contributed by atoms with van der Waals surface area (Å²) in [7, 11) is 1.61. The molecule has 88 valence electrons. The number of rotatable bonds is 4. The number of anilines is 1. The van der Waals surface area contributed by atoms with Crippen molar-refractivity contribution in [1.29, 1.82) is 0 Å². The number of methoxy groups -OCH3 is 1. The lowest BCUT2D eigenvalue weighted by Gasteiger charge is -2.09. The molecule has 1 aromatic carbocycles. The molecule has 0 radical (unpaired) electrons. The van der Waals surface area contributed by atoms with Crippen molar-refractivity contribution < 1.29 is 9.47 Å². The Morgan fingerprint density at radius 2 is 1.94 bits per heavy atom. The van der Waals surface area contributed by atoms with Gasteiger partial charge in [0, 0.05) is 11.9 Å². The molecule has 1 aromatic heterocycles. The Balaban J connectivity index is 2.07. The molecule has 0 amide bonds. The number of aromatic nitrogens is 1. The number of ether oxygens (including phenoxy) is 2. The van der Waals surface area contributed by atoms with Crippen LogP contribution in [0.3, 0.4) is 0 Å². The number of nitrogens with zero attached hydrogens (tertiary/aromatic N) is 1. The quantitative estimate of drug-likeness (QED) is 0.875. The van der Waals surface area contributed by atoms with Gasteiger partial charge < -0.3 is 15.2 Å². The maximum atomic E-state index is 5.66. The van der Waals surface area contributed by atoms with Crippen LogP contribution in [0.25, 0.3) is 0 Å². The lowest BCUT2D eigenvalue weighted by molar-refractivity contribution is 0.281. The highest BCUT2D eigenvalue weighted by molar-refractivity contribution is 5.40. The summed E-state index contributed by atoms with van der Waals surface area (Å²) in [6, 6.07) is 11.0. The van der Waals surface area contributed by atoms with Crippen LogP contribution in [0.15, 0.2) is 42.6 Å². The third-order valence-corrected chi connectivity index (χ3v) is 2.29. The van der Waals surface area contributed by atoms with E-state index in [2.05, 4.69) is 4.98 Å². The standard InChI is InChI=1S/C13H14N2O2/c1-16-12-4-2-3-5-13(12)17-9-11-8-10(14)6-7-15-11/h2-8H,9H2,1H3,(H2,14,15). The second kappa shape index (κ2) is 5.21. The van der Waals surface area contributed by atoms with E-state index in [1.165, 1.54) is 0 Å². The van der Waals surface area contributed by atoms with Crippen molar-refractivity contribution in [3.8, 4) is 11.5 Å². The van der Waals surface area contributed by atoms with Crippen molar-refractivity contribution >= 4 is 5.69 Å². The number of pyridine rings is 1. The van der Waals surface area contributed by atoms with Crippen molar-refractivity contribution in [1.82, 2.24) is 4.98 Å². The van der Waals surface area contributed by atoms with Gasteiger partial charge in [-0.25, -0.2) is 0 Å². The van der Waals surface area contributed by atoms with Gasteiger partial charge in [0.25, 0.3) is 0 Å². The summed E-state index contributed by atoms with van der Waals surface area (Å²) in [6.07, 6.45) is 1.66. The summed E-state index contributed by atoms with van der Waals surface area (Å²) in [5.74, 6) is 1.40. The van der Waals surface area contributed by atoms with Crippen molar-refractivity contribution in [2.45, 2.75) is 6.61 Å². The molecule has 4 nitrogen and oxygen atoms in total. The van der Waals surface area contributed by atoms with E-state index in [4.69, 9.17) is 15.2 Å². The summed E-state index contributed by atoms with van der Waals surface area (Å²) in [6.45, 7) is 0.366. The van der Waals surface area contributed by atoms with Crippen LogP contribution >= 0.6 is 0 Å². The summed E-state index contributed by atoms with van der Waals surface area (Å²) in [4.78, 5) is 4.16. The molecule has 1 heterocycles. The fourth-order valence-corrected chi connectivity index (χ4v) is 1.47. The first-order chi connectivity index (χ1) is 8.29. The first-order valence-electron chi connectivity index (χ1n) is 5.26. The first kappa shape index (κ1) is 11.3. The van der Waals surface area contributed by atoms with Gasteiger partial charge in [0.1, 0.15) is 6.61 Å². The normalized spacial score (nSPS) is 9.94. The number of nitrogen functional groups attached to an aromatic ring is 1. The Kier molecular flexibility index (Phi) is 3.45. The summed E-state index contributed by atoms with van der Waals surface area (Å²) in [5, 5.41) is 0. The molecular formula is C13H14N2O2. The molecule has 0 atom stereocenters. The van der Waals surface area contributed by atoms with E-state index in [1.807, 2.05) is 24.3 Å². The minimum atomic E-state index is 0.366. The molecule has 2 N–H and O–H groups in total. The van der Waals surface area contributed by atoms with E-state index in [1.54, 1.807) is 25.4 Å². The minimum Gasteiger partial charge on any atom is -0.493 e. The molecule has 0 saturated carbocycles. The third-order valence-electron chi connectivity index (χ3n) is 2.29. The Bertz CT molecular complexity index is 500. The molecule has 0 saturated heterocycles. The molecule has 0 aliphatic carbocycles. The first-order valence-corrected chi connectivity index (χ1v) is 5.26. The smallest absolute Gasteiger partial charge is 0.161 e. The van der Waals surface area contributed by atoms with E-state index >= 15 is 0 Å². The van der Waals surface area contributed by atoms with Crippen molar-refractivity contribution in [2.24, 2.45) is 0 Å². The number of para-hydroxylation sites is 2. The molecule has 0 bridgehead atoms. The van der Waals surface area contributed by atoms with Gasteiger partial charge in [0.15, 0.2) is 11.5 Å². The molecule has 17 heavy (non-hydrogen) atoms. The molecule has 2 aromatic rings. The monoisotopic (exact) mass is 230 g/mol. The zero-order chi connectivity index (χ0) is 12.1.